The summed E-state index contributed by atoms with van der Waals surface area (Å²) in [6, 6.07) is 9.78. The van der Waals surface area contributed by atoms with Crippen LogP contribution in [-0.2, 0) is 20.7 Å². The number of ether oxygens (including phenoxy) is 1. The Labute approximate surface area is 130 Å². The zero-order valence-electron chi connectivity index (χ0n) is 12.7. The van der Waals surface area contributed by atoms with Gasteiger partial charge in [0.15, 0.2) is 0 Å². The minimum Gasteiger partial charge on any atom is -0.480 e. The summed E-state index contributed by atoms with van der Waals surface area (Å²) in [6.45, 7) is 0.962. The maximum absolute atomic E-state index is 12.3. The van der Waals surface area contributed by atoms with Gasteiger partial charge in [0.25, 0.3) is 0 Å². The van der Waals surface area contributed by atoms with Gasteiger partial charge >= 0.3 is 5.97 Å². The van der Waals surface area contributed by atoms with Gasteiger partial charge in [-0.1, -0.05) is 30.3 Å². The molecule has 1 N–H and O–H groups in total. The number of aliphatic carboxylic acids is 1. The maximum Gasteiger partial charge on any atom is 0.323 e. The summed E-state index contributed by atoms with van der Waals surface area (Å²) < 4.78 is 5.51. The van der Waals surface area contributed by atoms with Gasteiger partial charge in [0.05, 0.1) is 6.10 Å². The van der Waals surface area contributed by atoms with E-state index < -0.39 is 5.97 Å². The van der Waals surface area contributed by atoms with E-state index in [0.29, 0.717) is 25.8 Å². The van der Waals surface area contributed by atoms with E-state index in [9.17, 15) is 9.59 Å². The van der Waals surface area contributed by atoms with Crippen molar-refractivity contribution in [1.29, 1.82) is 0 Å². The second-order valence-electron chi connectivity index (χ2n) is 5.62. The van der Waals surface area contributed by atoms with Crippen molar-refractivity contribution in [3.05, 3.63) is 35.9 Å². The number of rotatable bonds is 8. The van der Waals surface area contributed by atoms with Gasteiger partial charge in [0.2, 0.25) is 5.91 Å². The number of hydrogen-bond acceptors (Lipinski definition) is 3. The fourth-order valence-corrected chi connectivity index (χ4v) is 2.68. The molecule has 0 spiro atoms. The molecule has 0 aliphatic carbocycles. The van der Waals surface area contributed by atoms with Crippen molar-refractivity contribution < 1.29 is 19.4 Å². The van der Waals surface area contributed by atoms with Crippen LogP contribution in [0.3, 0.4) is 0 Å². The van der Waals surface area contributed by atoms with E-state index >= 15 is 0 Å². The van der Waals surface area contributed by atoms with Crippen molar-refractivity contribution in [2.45, 2.75) is 38.2 Å². The average Bonchev–Trinajstić information content (AvgIpc) is 3.03. The molecule has 1 aromatic rings. The highest BCUT2D eigenvalue weighted by molar-refractivity contribution is 5.81. The molecule has 1 aliphatic rings. The molecule has 0 bridgehead atoms. The molecule has 22 heavy (non-hydrogen) atoms. The Kier molecular flexibility index (Phi) is 6.40. The summed E-state index contributed by atoms with van der Waals surface area (Å²) in [4.78, 5) is 24.7. The summed E-state index contributed by atoms with van der Waals surface area (Å²) in [5.74, 6) is -1.08. The highest BCUT2D eigenvalue weighted by atomic mass is 16.5. The lowest BCUT2D eigenvalue weighted by molar-refractivity contribution is -0.144. The molecule has 1 heterocycles. The molecule has 2 rings (SSSR count). The number of nitrogens with zero attached hydrogens (tertiary/aromatic N) is 1. The normalized spacial score (nSPS) is 17.4. The highest BCUT2D eigenvalue weighted by Crippen LogP contribution is 2.17. The Morgan fingerprint density at radius 3 is 2.68 bits per heavy atom. The molecule has 1 aliphatic heterocycles. The Morgan fingerprint density at radius 1 is 1.27 bits per heavy atom. The molecule has 0 radical (unpaired) electrons. The van der Waals surface area contributed by atoms with Crippen molar-refractivity contribution in [2.24, 2.45) is 0 Å². The first-order valence-electron chi connectivity index (χ1n) is 7.80. The van der Waals surface area contributed by atoms with Crippen LogP contribution in [0.1, 0.15) is 31.2 Å². The van der Waals surface area contributed by atoms with E-state index in [0.717, 1.165) is 25.0 Å². The third kappa shape index (κ3) is 5.48. The number of carboxylic acids is 1. The number of carbonyl (C=O) groups excluding carboxylic acids is 1. The van der Waals surface area contributed by atoms with Crippen LogP contribution in [0.2, 0.25) is 0 Å². The van der Waals surface area contributed by atoms with Gasteiger partial charge in [-0.3, -0.25) is 9.59 Å². The Hall–Kier alpha value is -1.88. The van der Waals surface area contributed by atoms with Crippen LogP contribution in [-0.4, -0.2) is 47.7 Å². The van der Waals surface area contributed by atoms with Crippen LogP contribution in [0.5, 0.6) is 0 Å². The Bertz CT molecular complexity index is 483. The summed E-state index contributed by atoms with van der Waals surface area (Å²) in [5.41, 5.74) is 1.10. The molecule has 1 unspecified atom stereocenters. The van der Waals surface area contributed by atoms with Gasteiger partial charge in [-0.15, -0.1) is 0 Å². The minimum atomic E-state index is -0.974. The van der Waals surface area contributed by atoms with Crippen LogP contribution < -0.4 is 0 Å². The smallest absolute Gasteiger partial charge is 0.323 e. The van der Waals surface area contributed by atoms with Gasteiger partial charge in [-0.05, 0) is 31.2 Å². The van der Waals surface area contributed by atoms with Crippen molar-refractivity contribution in [3.63, 3.8) is 0 Å². The quantitative estimate of drug-likeness (QED) is 0.798. The molecular weight excluding hydrogens is 282 g/mol. The Balaban J connectivity index is 1.83. The molecule has 1 fully saturated rings. The average molecular weight is 305 g/mol. The molecule has 0 saturated carbocycles. The third-order valence-corrected chi connectivity index (χ3v) is 3.90. The third-order valence-electron chi connectivity index (χ3n) is 3.90. The number of benzene rings is 1. The topological polar surface area (TPSA) is 66.8 Å². The predicted octanol–water partition coefficient (Wildman–Crippen LogP) is 2.10. The molecule has 1 aromatic carbocycles. The lowest BCUT2D eigenvalue weighted by atomic mass is 10.1. The van der Waals surface area contributed by atoms with Gasteiger partial charge in [0, 0.05) is 19.6 Å². The second-order valence-corrected chi connectivity index (χ2v) is 5.62. The second kappa shape index (κ2) is 8.54. The zero-order chi connectivity index (χ0) is 15.8. The molecule has 1 saturated heterocycles. The first-order valence-corrected chi connectivity index (χ1v) is 7.80. The van der Waals surface area contributed by atoms with Crippen molar-refractivity contribution in [2.75, 3.05) is 19.7 Å². The van der Waals surface area contributed by atoms with Crippen LogP contribution in [0.15, 0.2) is 30.3 Å². The van der Waals surface area contributed by atoms with Crippen LogP contribution in [0.4, 0.5) is 0 Å². The lowest BCUT2D eigenvalue weighted by Gasteiger charge is -2.21. The van der Waals surface area contributed by atoms with E-state index in [4.69, 9.17) is 9.84 Å². The molecule has 5 heteroatoms. The molecule has 1 amide bonds. The van der Waals surface area contributed by atoms with E-state index in [1.807, 2.05) is 30.3 Å². The summed E-state index contributed by atoms with van der Waals surface area (Å²) in [7, 11) is 0. The zero-order valence-corrected chi connectivity index (χ0v) is 12.7. The van der Waals surface area contributed by atoms with E-state index in [1.54, 1.807) is 0 Å². The molecule has 5 nitrogen and oxygen atoms in total. The van der Waals surface area contributed by atoms with Crippen molar-refractivity contribution >= 4 is 11.9 Å². The monoisotopic (exact) mass is 305 g/mol. The van der Waals surface area contributed by atoms with Crippen molar-refractivity contribution in [3.8, 4) is 0 Å². The number of hydrogen-bond donors (Lipinski definition) is 1. The number of amides is 1. The number of carbonyl (C=O) groups is 2. The molecular formula is C17H23NO4. The summed E-state index contributed by atoms with van der Waals surface area (Å²) in [6.07, 6.45) is 3.90. The van der Waals surface area contributed by atoms with Crippen molar-refractivity contribution in [1.82, 2.24) is 4.90 Å². The predicted molar refractivity (Wildman–Crippen MR) is 82.6 cm³/mol. The van der Waals surface area contributed by atoms with Gasteiger partial charge in [0.1, 0.15) is 6.54 Å². The van der Waals surface area contributed by atoms with Crippen LogP contribution in [0.25, 0.3) is 0 Å². The molecule has 120 valence electrons. The first-order chi connectivity index (χ1) is 10.6. The molecule has 1 atom stereocenters. The molecule has 0 aromatic heterocycles. The van der Waals surface area contributed by atoms with Crippen LogP contribution in [0, 0.1) is 0 Å². The fourth-order valence-electron chi connectivity index (χ4n) is 2.68. The van der Waals surface area contributed by atoms with E-state index in [-0.39, 0.29) is 18.6 Å². The SMILES string of the molecule is O=C(O)CN(CCc1ccccc1)C(=O)CCC1CCCO1. The van der Waals surface area contributed by atoms with Gasteiger partial charge < -0.3 is 14.7 Å². The fraction of sp³-hybridized carbons (Fsp3) is 0.529. The maximum atomic E-state index is 12.3. The number of carboxylic acid groups (broad SMARTS) is 1. The van der Waals surface area contributed by atoms with Crippen LogP contribution >= 0.6 is 0 Å². The standard InChI is InChI=1S/C17H23NO4/c19-16(9-8-15-7-4-12-22-15)18(13-17(20)21)11-10-14-5-2-1-3-6-14/h1-3,5-6,15H,4,7-13H2,(H,20,21). The van der Waals surface area contributed by atoms with E-state index in [2.05, 4.69) is 0 Å². The lowest BCUT2D eigenvalue weighted by Crippen LogP contribution is -2.37. The largest absolute Gasteiger partial charge is 0.480 e. The minimum absolute atomic E-state index is 0.103. The summed E-state index contributed by atoms with van der Waals surface area (Å²) >= 11 is 0. The van der Waals surface area contributed by atoms with Gasteiger partial charge in [-0.25, -0.2) is 0 Å². The highest BCUT2D eigenvalue weighted by Gasteiger charge is 2.20. The van der Waals surface area contributed by atoms with E-state index in [1.165, 1.54) is 4.90 Å². The first kappa shape index (κ1) is 16.5. The summed E-state index contributed by atoms with van der Waals surface area (Å²) in [5, 5.41) is 8.99. The van der Waals surface area contributed by atoms with Gasteiger partial charge in [-0.2, -0.15) is 0 Å². The Morgan fingerprint density at radius 2 is 2.05 bits per heavy atom.